The van der Waals surface area contributed by atoms with Crippen molar-refractivity contribution in [1.82, 2.24) is 15.2 Å². The first-order chi connectivity index (χ1) is 11.4. The molecule has 0 unspecified atom stereocenters. The van der Waals surface area contributed by atoms with Crippen molar-refractivity contribution in [3.8, 4) is 0 Å². The SMILES string of the molecule is Nc1n[nH]c2nc(Nc3cccc4c3CCC4)cc(C(F)(F)F)c12. The predicted octanol–water partition coefficient (Wildman–Crippen LogP) is 3.79. The van der Waals surface area contributed by atoms with Gasteiger partial charge in [-0.05, 0) is 42.5 Å². The molecule has 8 heteroatoms. The number of aryl methyl sites for hydroxylation is 1. The molecular formula is C16H14F3N5. The molecule has 1 aliphatic rings. The van der Waals surface area contributed by atoms with Gasteiger partial charge in [-0.3, -0.25) is 5.10 Å². The largest absolute Gasteiger partial charge is 0.417 e. The zero-order valence-electron chi connectivity index (χ0n) is 12.5. The summed E-state index contributed by atoms with van der Waals surface area (Å²) in [5.41, 5.74) is 7.86. The zero-order chi connectivity index (χ0) is 16.9. The molecule has 2 aromatic heterocycles. The van der Waals surface area contributed by atoms with E-state index in [1.165, 1.54) is 5.56 Å². The summed E-state index contributed by atoms with van der Waals surface area (Å²) >= 11 is 0. The fourth-order valence-electron chi connectivity index (χ4n) is 3.22. The van der Waals surface area contributed by atoms with Crippen molar-refractivity contribution in [3.05, 3.63) is 41.0 Å². The summed E-state index contributed by atoms with van der Waals surface area (Å²) in [6, 6.07) is 6.76. The maximum Gasteiger partial charge on any atom is 0.417 e. The van der Waals surface area contributed by atoms with E-state index >= 15 is 0 Å². The number of halogens is 3. The molecule has 0 saturated heterocycles. The van der Waals surface area contributed by atoms with Gasteiger partial charge in [-0.25, -0.2) is 4.98 Å². The third kappa shape index (κ3) is 2.34. The average Bonchev–Trinajstić information content (AvgIpc) is 3.13. The molecule has 2 heterocycles. The highest BCUT2D eigenvalue weighted by atomic mass is 19.4. The van der Waals surface area contributed by atoms with Gasteiger partial charge < -0.3 is 11.1 Å². The number of aromatic amines is 1. The number of hydrogen-bond acceptors (Lipinski definition) is 4. The number of pyridine rings is 1. The third-order valence-corrected chi connectivity index (χ3v) is 4.27. The molecule has 0 bridgehead atoms. The summed E-state index contributed by atoms with van der Waals surface area (Å²) in [6.07, 6.45) is -1.61. The topological polar surface area (TPSA) is 79.6 Å². The van der Waals surface area contributed by atoms with Gasteiger partial charge >= 0.3 is 6.18 Å². The van der Waals surface area contributed by atoms with Crippen molar-refractivity contribution < 1.29 is 13.2 Å². The van der Waals surface area contributed by atoms with Gasteiger partial charge in [0.2, 0.25) is 0 Å². The minimum absolute atomic E-state index is 0.0115. The van der Waals surface area contributed by atoms with E-state index in [2.05, 4.69) is 20.5 Å². The van der Waals surface area contributed by atoms with Crippen molar-refractivity contribution in [2.24, 2.45) is 0 Å². The molecule has 0 atom stereocenters. The summed E-state index contributed by atoms with van der Waals surface area (Å²) < 4.78 is 40.1. The molecule has 5 nitrogen and oxygen atoms in total. The van der Waals surface area contributed by atoms with Crippen molar-refractivity contribution in [2.75, 3.05) is 11.1 Å². The number of nitrogen functional groups attached to an aromatic ring is 1. The number of H-pyrrole nitrogens is 1. The van der Waals surface area contributed by atoms with Crippen LogP contribution in [-0.2, 0) is 19.0 Å². The fourth-order valence-corrected chi connectivity index (χ4v) is 3.22. The van der Waals surface area contributed by atoms with Crippen molar-refractivity contribution >= 4 is 28.4 Å². The van der Waals surface area contributed by atoms with Crippen molar-refractivity contribution in [3.63, 3.8) is 0 Å². The number of aromatic nitrogens is 3. The Morgan fingerprint density at radius 1 is 1.21 bits per heavy atom. The third-order valence-electron chi connectivity index (χ3n) is 4.27. The second-order valence-electron chi connectivity index (χ2n) is 5.81. The number of benzene rings is 1. The van der Waals surface area contributed by atoms with Gasteiger partial charge in [0.25, 0.3) is 0 Å². The molecule has 0 fully saturated rings. The first-order valence-electron chi connectivity index (χ1n) is 7.53. The summed E-state index contributed by atoms with van der Waals surface area (Å²) in [6.45, 7) is 0. The normalized spacial score (nSPS) is 14.1. The Morgan fingerprint density at radius 3 is 2.83 bits per heavy atom. The Labute approximate surface area is 135 Å². The van der Waals surface area contributed by atoms with Crippen LogP contribution in [-0.4, -0.2) is 15.2 Å². The lowest BCUT2D eigenvalue weighted by Gasteiger charge is -2.14. The number of nitrogens with two attached hydrogens (primary N) is 1. The molecule has 1 aliphatic carbocycles. The van der Waals surface area contributed by atoms with Gasteiger partial charge in [-0.15, -0.1) is 0 Å². The maximum absolute atomic E-state index is 13.4. The van der Waals surface area contributed by atoms with Crippen LogP contribution in [0.15, 0.2) is 24.3 Å². The highest BCUT2D eigenvalue weighted by molar-refractivity contribution is 5.91. The van der Waals surface area contributed by atoms with Crippen LogP contribution in [0.3, 0.4) is 0 Å². The van der Waals surface area contributed by atoms with E-state index < -0.39 is 11.7 Å². The van der Waals surface area contributed by atoms with Gasteiger partial charge in [-0.1, -0.05) is 12.1 Å². The molecule has 3 aromatic rings. The van der Waals surface area contributed by atoms with Gasteiger partial charge in [-0.2, -0.15) is 18.3 Å². The summed E-state index contributed by atoms with van der Waals surface area (Å²) in [5, 5.41) is 8.91. The highest BCUT2D eigenvalue weighted by Crippen LogP contribution is 2.38. The molecule has 124 valence electrons. The van der Waals surface area contributed by atoms with Crippen LogP contribution in [0.4, 0.5) is 30.5 Å². The van der Waals surface area contributed by atoms with Crippen molar-refractivity contribution in [2.45, 2.75) is 25.4 Å². The maximum atomic E-state index is 13.4. The monoisotopic (exact) mass is 333 g/mol. The van der Waals surface area contributed by atoms with Crippen LogP contribution in [0.2, 0.25) is 0 Å². The number of nitrogens with one attached hydrogen (secondary N) is 2. The Hall–Kier alpha value is -2.77. The van der Waals surface area contributed by atoms with Crippen LogP contribution in [0.25, 0.3) is 11.0 Å². The minimum atomic E-state index is -4.55. The number of hydrogen-bond donors (Lipinski definition) is 3. The van der Waals surface area contributed by atoms with E-state index in [9.17, 15) is 13.2 Å². The molecule has 0 saturated carbocycles. The molecular weight excluding hydrogens is 319 g/mol. The van der Waals surface area contributed by atoms with E-state index in [4.69, 9.17) is 5.73 Å². The van der Waals surface area contributed by atoms with Crippen LogP contribution in [0.5, 0.6) is 0 Å². The first-order valence-corrected chi connectivity index (χ1v) is 7.53. The smallest absolute Gasteiger partial charge is 0.382 e. The average molecular weight is 333 g/mol. The molecule has 0 amide bonds. The Morgan fingerprint density at radius 2 is 2.04 bits per heavy atom. The van der Waals surface area contributed by atoms with Gasteiger partial charge in [0.15, 0.2) is 11.5 Å². The molecule has 4 N–H and O–H groups in total. The van der Waals surface area contributed by atoms with E-state index in [0.717, 1.165) is 36.6 Å². The summed E-state index contributed by atoms with van der Waals surface area (Å²) in [7, 11) is 0. The molecule has 24 heavy (non-hydrogen) atoms. The molecule has 0 spiro atoms. The zero-order valence-corrected chi connectivity index (χ0v) is 12.5. The molecule has 0 aliphatic heterocycles. The van der Waals surface area contributed by atoms with E-state index in [0.29, 0.717) is 0 Å². The second-order valence-corrected chi connectivity index (χ2v) is 5.81. The van der Waals surface area contributed by atoms with E-state index in [-0.39, 0.29) is 22.7 Å². The Bertz CT molecular complexity index is 929. The lowest BCUT2D eigenvalue weighted by atomic mass is 10.1. The number of nitrogens with zero attached hydrogens (tertiary/aromatic N) is 2. The van der Waals surface area contributed by atoms with Crippen LogP contribution in [0.1, 0.15) is 23.1 Å². The van der Waals surface area contributed by atoms with Crippen molar-refractivity contribution in [1.29, 1.82) is 0 Å². The van der Waals surface area contributed by atoms with Crippen LogP contribution >= 0.6 is 0 Å². The Kier molecular flexibility index (Phi) is 3.16. The van der Waals surface area contributed by atoms with Crippen LogP contribution < -0.4 is 11.1 Å². The predicted molar refractivity (Wildman–Crippen MR) is 85.1 cm³/mol. The molecule has 1 aromatic carbocycles. The van der Waals surface area contributed by atoms with E-state index in [1.807, 2.05) is 18.2 Å². The summed E-state index contributed by atoms with van der Waals surface area (Å²) in [4.78, 5) is 4.18. The first kappa shape index (κ1) is 14.8. The van der Waals surface area contributed by atoms with Gasteiger partial charge in [0.1, 0.15) is 5.82 Å². The van der Waals surface area contributed by atoms with Gasteiger partial charge in [0, 0.05) is 5.69 Å². The molecule has 4 rings (SSSR count). The van der Waals surface area contributed by atoms with Crippen LogP contribution in [0, 0.1) is 0 Å². The highest BCUT2D eigenvalue weighted by Gasteiger charge is 2.35. The van der Waals surface area contributed by atoms with Gasteiger partial charge in [0.05, 0.1) is 10.9 Å². The lowest BCUT2D eigenvalue weighted by Crippen LogP contribution is -2.08. The fraction of sp³-hybridized carbons (Fsp3) is 0.250. The molecule has 0 radical (unpaired) electrons. The van der Waals surface area contributed by atoms with E-state index in [1.54, 1.807) is 0 Å². The lowest BCUT2D eigenvalue weighted by molar-refractivity contribution is -0.136. The number of rotatable bonds is 2. The standard InChI is InChI=1S/C16H14F3N5/c17-16(18,19)10-7-12(22-15-13(10)14(20)23-24-15)21-11-6-2-4-8-3-1-5-9(8)11/h2,4,6-7H,1,3,5H2,(H4,20,21,22,23,24). The Balaban J connectivity index is 1.82. The number of anilines is 3. The second kappa shape index (κ2) is 5.12. The number of fused-ring (bicyclic) bond motifs is 2. The number of alkyl halides is 3. The summed E-state index contributed by atoms with van der Waals surface area (Å²) in [5.74, 6) is -0.101. The quantitative estimate of drug-likeness (QED) is 0.666. The minimum Gasteiger partial charge on any atom is -0.382 e.